The molecule has 1 aliphatic rings. The van der Waals surface area contributed by atoms with E-state index in [0.717, 1.165) is 12.8 Å². The summed E-state index contributed by atoms with van der Waals surface area (Å²) in [6.45, 7) is 2.06. The molecule has 0 spiro atoms. The van der Waals surface area contributed by atoms with Crippen LogP contribution in [0.2, 0.25) is 5.02 Å². The first kappa shape index (κ1) is 14.3. The van der Waals surface area contributed by atoms with Crippen LogP contribution in [0.25, 0.3) is 0 Å². The third-order valence-electron chi connectivity index (χ3n) is 3.42. The summed E-state index contributed by atoms with van der Waals surface area (Å²) in [6.07, 6.45) is 2.48. The Labute approximate surface area is 117 Å². The van der Waals surface area contributed by atoms with Crippen LogP contribution in [0, 0.1) is 5.82 Å². The van der Waals surface area contributed by atoms with Gasteiger partial charge in [0.05, 0.1) is 12.6 Å². The first-order valence-corrected chi connectivity index (χ1v) is 6.91. The standard InChI is InChI=1S/C14H18ClFN2O/c1-2-13(17)14(19)18(9-6-7-9)8-10-11(15)4-3-5-12(10)16/h3-5,9,13H,2,6-8,17H2,1H3/t13-/m0/s1. The maximum atomic E-state index is 13.8. The number of hydrogen-bond acceptors (Lipinski definition) is 2. The van der Waals surface area contributed by atoms with Gasteiger partial charge in [-0.15, -0.1) is 0 Å². The Kier molecular flexibility index (Phi) is 4.42. The van der Waals surface area contributed by atoms with E-state index >= 15 is 0 Å². The fraction of sp³-hybridized carbons (Fsp3) is 0.500. The van der Waals surface area contributed by atoms with Crippen LogP contribution in [0.3, 0.4) is 0 Å². The number of amides is 1. The second-order valence-corrected chi connectivity index (χ2v) is 5.32. The number of carbonyl (C=O) groups is 1. The molecular weight excluding hydrogens is 267 g/mol. The Bertz CT molecular complexity index is 456. The summed E-state index contributed by atoms with van der Waals surface area (Å²) in [6, 6.07) is 4.21. The van der Waals surface area contributed by atoms with Gasteiger partial charge in [-0.1, -0.05) is 24.6 Å². The number of hydrogen-bond donors (Lipinski definition) is 1. The molecule has 1 aliphatic carbocycles. The van der Waals surface area contributed by atoms with E-state index in [2.05, 4.69) is 0 Å². The van der Waals surface area contributed by atoms with E-state index < -0.39 is 6.04 Å². The smallest absolute Gasteiger partial charge is 0.240 e. The molecule has 1 saturated carbocycles. The summed E-state index contributed by atoms with van der Waals surface area (Å²) in [5.41, 5.74) is 6.16. The van der Waals surface area contributed by atoms with Crippen molar-refractivity contribution in [2.24, 2.45) is 5.73 Å². The fourth-order valence-electron chi connectivity index (χ4n) is 2.01. The molecule has 1 aromatic carbocycles. The van der Waals surface area contributed by atoms with Crippen LogP contribution in [-0.2, 0) is 11.3 Å². The van der Waals surface area contributed by atoms with Crippen molar-refractivity contribution in [2.45, 2.75) is 44.8 Å². The van der Waals surface area contributed by atoms with E-state index in [9.17, 15) is 9.18 Å². The molecule has 1 aromatic rings. The van der Waals surface area contributed by atoms with Crippen molar-refractivity contribution < 1.29 is 9.18 Å². The van der Waals surface area contributed by atoms with Crippen LogP contribution in [-0.4, -0.2) is 22.9 Å². The second kappa shape index (κ2) is 5.88. The molecule has 1 fully saturated rings. The van der Waals surface area contributed by atoms with Gasteiger partial charge in [-0.05, 0) is 31.4 Å². The van der Waals surface area contributed by atoms with Crippen LogP contribution in [0.4, 0.5) is 4.39 Å². The molecule has 0 bridgehead atoms. The number of benzene rings is 1. The summed E-state index contributed by atoms with van der Waals surface area (Å²) in [5, 5.41) is 0.350. The Morgan fingerprint density at radius 3 is 2.79 bits per heavy atom. The quantitative estimate of drug-likeness (QED) is 0.904. The third-order valence-corrected chi connectivity index (χ3v) is 3.77. The number of nitrogens with two attached hydrogens (primary N) is 1. The average molecular weight is 285 g/mol. The highest BCUT2D eigenvalue weighted by atomic mass is 35.5. The van der Waals surface area contributed by atoms with Gasteiger partial charge in [-0.2, -0.15) is 0 Å². The summed E-state index contributed by atoms with van der Waals surface area (Å²) >= 11 is 6.01. The van der Waals surface area contributed by atoms with Gasteiger partial charge in [0.15, 0.2) is 0 Å². The average Bonchev–Trinajstić information content (AvgIpc) is 3.21. The van der Waals surface area contributed by atoms with Gasteiger partial charge in [0.25, 0.3) is 0 Å². The van der Waals surface area contributed by atoms with E-state index in [1.165, 1.54) is 6.07 Å². The van der Waals surface area contributed by atoms with E-state index in [1.807, 2.05) is 6.92 Å². The van der Waals surface area contributed by atoms with Crippen molar-refractivity contribution in [3.05, 3.63) is 34.6 Å². The van der Waals surface area contributed by atoms with Crippen molar-refractivity contribution >= 4 is 17.5 Å². The zero-order valence-electron chi connectivity index (χ0n) is 10.9. The van der Waals surface area contributed by atoms with Gasteiger partial charge in [0.2, 0.25) is 5.91 Å². The minimum atomic E-state index is -0.522. The molecule has 0 heterocycles. The van der Waals surface area contributed by atoms with Gasteiger partial charge in [-0.3, -0.25) is 4.79 Å². The summed E-state index contributed by atoms with van der Waals surface area (Å²) in [7, 11) is 0. The monoisotopic (exact) mass is 284 g/mol. The van der Waals surface area contributed by atoms with Crippen LogP contribution >= 0.6 is 11.6 Å². The lowest BCUT2D eigenvalue weighted by Gasteiger charge is -2.26. The lowest BCUT2D eigenvalue weighted by atomic mass is 10.1. The molecule has 19 heavy (non-hydrogen) atoms. The van der Waals surface area contributed by atoms with Gasteiger partial charge < -0.3 is 10.6 Å². The fourth-order valence-corrected chi connectivity index (χ4v) is 2.24. The zero-order chi connectivity index (χ0) is 14.0. The van der Waals surface area contributed by atoms with E-state index in [-0.39, 0.29) is 24.3 Å². The van der Waals surface area contributed by atoms with Gasteiger partial charge in [-0.25, -0.2) is 4.39 Å². The molecule has 0 unspecified atom stereocenters. The van der Waals surface area contributed by atoms with Crippen molar-refractivity contribution in [3.8, 4) is 0 Å². The van der Waals surface area contributed by atoms with Crippen molar-refractivity contribution in [3.63, 3.8) is 0 Å². The Hall–Kier alpha value is -1.13. The van der Waals surface area contributed by atoms with E-state index in [4.69, 9.17) is 17.3 Å². The molecule has 0 radical (unpaired) electrons. The van der Waals surface area contributed by atoms with Crippen LogP contribution in [0.15, 0.2) is 18.2 Å². The predicted octanol–water partition coefficient (Wildman–Crippen LogP) is 2.71. The van der Waals surface area contributed by atoms with Crippen molar-refractivity contribution in [1.82, 2.24) is 4.90 Å². The number of nitrogens with zero attached hydrogens (tertiary/aromatic N) is 1. The Morgan fingerprint density at radius 1 is 1.58 bits per heavy atom. The molecule has 1 amide bonds. The lowest BCUT2D eigenvalue weighted by molar-refractivity contribution is -0.133. The zero-order valence-corrected chi connectivity index (χ0v) is 11.7. The van der Waals surface area contributed by atoms with Crippen LogP contribution < -0.4 is 5.73 Å². The van der Waals surface area contributed by atoms with Crippen molar-refractivity contribution in [1.29, 1.82) is 0 Å². The van der Waals surface area contributed by atoms with Gasteiger partial charge >= 0.3 is 0 Å². The highest BCUT2D eigenvalue weighted by molar-refractivity contribution is 6.31. The molecule has 5 heteroatoms. The highest BCUT2D eigenvalue weighted by Crippen LogP contribution is 2.31. The summed E-state index contributed by atoms with van der Waals surface area (Å²) in [4.78, 5) is 13.9. The molecule has 0 aromatic heterocycles. The molecule has 2 rings (SSSR count). The minimum Gasteiger partial charge on any atom is -0.334 e. The molecule has 2 N–H and O–H groups in total. The first-order valence-electron chi connectivity index (χ1n) is 6.53. The highest BCUT2D eigenvalue weighted by Gasteiger charge is 2.35. The molecule has 0 saturated heterocycles. The third kappa shape index (κ3) is 3.25. The maximum absolute atomic E-state index is 13.8. The Morgan fingerprint density at radius 2 is 2.26 bits per heavy atom. The van der Waals surface area contributed by atoms with Gasteiger partial charge in [0.1, 0.15) is 5.82 Å². The summed E-state index contributed by atoms with van der Waals surface area (Å²) < 4.78 is 13.8. The lowest BCUT2D eigenvalue weighted by Crippen LogP contribution is -2.44. The number of halogens is 2. The largest absolute Gasteiger partial charge is 0.334 e. The first-order chi connectivity index (χ1) is 9.04. The molecule has 3 nitrogen and oxygen atoms in total. The SMILES string of the molecule is CC[C@H](N)C(=O)N(Cc1c(F)cccc1Cl)C1CC1. The topological polar surface area (TPSA) is 46.3 Å². The summed E-state index contributed by atoms with van der Waals surface area (Å²) in [5.74, 6) is -0.500. The molecule has 104 valence electrons. The Balaban J connectivity index is 2.20. The number of rotatable bonds is 5. The van der Waals surface area contributed by atoms with Crippen LogP contribution in [0.5, 0.6) is 0 Å². The minimum absolute atomic E-state index is 0.121. The normalized spacial score (nSPS) is 16.2. The molecule has 1 atom stereocenters. The van der Waals surface area contributed by atoms with Crippen molar-refractivity contribution in [2.75, 3.05) is 0 Å². The number of carbonyl (C=O) groups excluding carboxylic acids is 1. The van der Waals surface area contributed by atoms with Gasteiger partial charge in [0, 0.05) is 16.6 Å². The predicted molar refractivity (Wildman–Crippen MR) is 73.2 cm³/mol. The maximum Gasteiger partial charge on any atom is 0.240 e. The molecule has 0 aliphatic heterocycles. The van der Waals surface area contributed by atoms with Crippen LogP contribution in [0.1, 0.15) is 31.7 Å². The van der Waals surface area contributed by atoms with E-state index in [0.29, 0.717) is 17.0 Å². The second-order valence-electron chi connectivity index (χ2n) is 4.91. The molecular formula is C14H18ClFN2O. The van der Waals surface area contributed by atoms with E-state index in [1.54, 1.807) is 17.0 Å².